The van der Waals surface area contributed by atoms with E-state index in [1.807, 2.05) is 0 Å². The molecule has 1 rings (SSSR count). The predicted molar refractivity (Wildman–Crippen MR) is 68.4 cm³/mol. The monoisotopic (exact) mass is 262 g/mol. The maximum absolute atomic E-state index is 5.93. The second kappa shape index (κ2) is 5.40. The second-order valence-corrected chi connectivity index (χ2v) is 4.06. The van der Waals surface area contributed by atoms with Gasteiger partial charge in [-0.3, -0.25) is 5.43 Å². The number of anilines is 1. The van der Waals surface area contributed by atoms with Crippen LogP contribution in [0.4, 0.5) is 5.69 Å². The lowest BCUT2D eigenvalue weighted by Crippen LogP contribution is -1.95. The molecular formula is C10H9Cl3N2. The number of nitrogens with one attached hydrogen (secondary N) is 1. The number of allylic oxidation sites excluding steroid dienone is 1. The Hall–Kier alpha value is -0.700. The smallest absolute Gasteiger partial charge is 0.0935 e. The quantitative estimate of drug-likeness (QED) is 0.624. The summed E-state index contributed by atoms with van der Waals surface area (Å²) in [7, 11) is 0. The topological polar surface area (TPSA) is 24.4 Å². The van der Waals surface area contributed by atoms with Crippen LogP contribution in [0.2, 0.25) is 15.1 Å². The van der Waals surface area contributed by atoms with Crippen LogP contribution in [0.1, 0.15) is 6.92 Å². The lowest BCUT2D eigenvalue weighted by Gasteiger charge is -2.06. The van der Waals surface area contributed by atoms with Crippen molar-refractivity contribution in [2.75, 3.05) is 5.43 Å². The number of hydrogen-bond donors (Lipinski definition) is 1. The van der Waals surface area contributed by atoms with Gasteiger partial charge in [0, 0.05) is 5.02 Å². The van der Waals surface area contributed by atoms with Crippen molar-refractivity contribution < 1.29 is 0 Å². The SMILES string of the molecule is C=CC(C)=NNc1c(Cl)cc(Cl)cc1Cl. The molecule has 80 valence electrons. The summed E-state index contributed by atoms with van der Waals surface area (Å²) in [6.45, 7) is 5.38. The molecule has 1 aromatic carbocycles. The highest BCUT2D eigenvalue weighted by molar-refractivity contribution is 6.41. The van der Waals surface area contributed by atoms with Gasteiger partial charge in [-0.1, -0.05) is 41.4 Å². The number of hydrogen-bond acceptors (Lipinski definition) is 2. The van der Waals surface area contributed by atoms with Gasteiger partial charge < -0.3 is 0 Å². The Kier molecular flexibility index (Phi) is 4.45. The zero-order valence-electron chi connectivity index (χ0n) is 8.02. The molecule has 0 aromatic heterocycles. The highest BCUT2D eigenvalue weighted by Gasteiger charge is 2.06. The van der Waals surface area contributed by atoms with Crippen LogP contribution in [0.15, 0.2) is 29.9 Å². The molecule has 0 radical (unpaired) electrons. The molecule has 5 heteroatoms. The van der Waals surface area contributed by atoms with Crippen LogP contribution in [-0.2, 0) is 0 Å². The highest BCUT2D eigenvalue weighted by Crippen LogP contribution is 2.33. The summed E-state index contributed by atoms with van der Waals surface area (Å²) in [5.41, 5.74) is 4.02. The lowest BCUT2D eigenvalue weighted by atomic mass is 10.3. The van der Waals surface area contributed by atoms with Gasteiger partial charge in [0.25, 0.3) is 0 Å². The number of halogens is 3. The van der Waals surface area contributed by atoms with Gasteiger partial charge in [-0.15, -0.1) is 0 Å². The predicted octanol–water partition coefficient (Wildman–Crippen LogP) is 4.62. The molecule has 0 amide bonds. The first kappa shape index (κ1) is 12.4. The van der Waals surface area contributed by atoms with Crippen LogP contribution in [0.3, 0.4) is 0 Å². The fourth-order valence-electron chi connectivity index (χ4n) is 0.839. The van der Waals surface area contributed by atoms with Gasteiger partial charge in [0.05, 0.1) is 21.4 Å². The molecule has 2 nitrogen and oxygen atoms in total. The number of hydrazone groups is 1. The van der Waals surface area contributed by atoms with Crippen LogP contribution < -0.4 is 5.43 Å². The zero-order chi connectivity index (χ0) is 11.4. The van der Waals surface area contributed by atoms with Crippen molar-refractivity contribution >= 4 is 46.2 Å². The highest BCUT2D eigenvalue weighted by atomic mass is 35.5. The van der Waals surface area contributed by atoms with Crippen LogP contribution in [0.5, 0.6) is 0 Å². The van der Waals surface area contributed by atoms with Crippen molar-refractivity contribution in [1.82, 2.24) is 0 Å². The summed E-state index contributed by atoms with van der Waals surface area (Å²) < 4.78 is 0. The van der Waals surface area contributed by atoms with Gasteiger partial charge in [-0.2, -0.15) is 5.10 Å². The minimum atomic E-state index is 0.424. The summed E-state index contributed by atoms with van der Waals surface area (Å²) in [5.74, 6) is 0. The molecule has 0 aliphatic rings. The number of benzene rings is 1. The third kappa shape index (κ3) is 3.42. The molecule has 0 saturated heterocycles. The Balaban J connectivity index is 3.00. The molecule has 1 aromatic rings. The van der Waals surface area contributed by atoms with Gasteiger partial charge in [-0.05, 0) is 25.1 Å². The average Bonchev–Trinajstić information content (AvgIpc) is 2.15. The molecule has 0 aliphatic heterocycles. The fraction of sp³-hybridized carbons (Fsp3) is 0.100. The van der Waals surface area contributed by atoms with Gasteiger partial charge in [0.1, 0.15) is 0 Å². The third-order valence-electron chi connectivity index (χ3n) is 1.65. The molecule has 0 aliphatic carbocycles. The summed E-state index contributed by atoms with van der Waals surface area (Å²) >= 11 is 17.6. The van der Waals surface area contributed by atoms with Crippen molar-refractivity contribution in [1.29, 1.82) is 0 Å². The molecule has 0 heterocycles. The van der Waals surface area contributed by atoms with E-state index in [1.165, 1.54) is 0 Å². The average molecular weight is 264 g/mol. The summed E-state index contributed by atoms with van der Waals surface area (Å²) in [5, 5.41) is 5.34. The fourth-order valence-corrected chi connectivity index (χ4v) is 1.74. The van der Waals surface area contributed by atoms with E-state index in [2.05, 4.69) is 17.1 Å². The third-order valence-corrected chi connectivity index (χ3v) is 2.46. The van der Waals surface area contributed by atoms with Crippen molar-refractivity contribution in [2.45, 2.75) is 6.92 Å². The maximum Gasteiger partial charge on any atom is 0.0935 e. The number of nitrogens with zero attached hydrogens (tertiary/aromatic N) is 1. The molecular weight excluding hydrogens is 254 g/mol. The van der Waals surface area contributed by atoms with Gasteiger partial charge in [-0.25, -0.2) is 0 Å². The van der Waals surface area contributed by atoms with Crippen LogP contribution in [0, 0.1) is 0 Å². The Morgan fingerprint density at radius 2 is 1.87 bits per heavy atom. The molecule has 15 heavy (non-hydrogen) atoms. The normalized spacial score (nSPS) is 11.3. The molecule has 0 bridgehead atoms. The standard InChI is InChI=1S/C10H9Cl3N2/c1-3-6(2)14-15-10-8(12)4-7(11)5-9(10)13/h3-5,15H,1H2,2H3. The molecule has 0 saturated carbocycles. The van der Waals surface area contributed by atoms with Crippen molar-refractivity contribution in [3.63, 3.8) is 0 Å². The molecule has 0 atom stereocenters. The van der Waals surface area contributed by atoms with Gasteiger partial charge in [0.2, 0.25) is 0 Å². The van der Waals surface area contributed by atoms with E-state index in [-0.39, 0.29) is 0 Å². The van der Waals surface area contributed by atoms with Crippen LogP contribution in [0.25, 0.3) is 0 Å². The van der Waals surface area contributed by atoms with Crippen molar-refractivity contribution in [3.05, 3.63) is 39.9 Å². The minimum Gasteiger partial charge on any atom is -0.275 e. The Morgan fingerprint density at radius 1 is 1.33 bits per heavy atom. The molecule has 0 spiro atoms. The first-order valence-electron chi connectivity index (χ1n) is 4.12. The van der Waals surface area contributed by atoms with Crippen molar-refractivity contribution in [2.24, 2.45) is 5.10 Å². The minimum absolute atomic E-state index is 0.424. The van der Waals surface area contributed by atoms with E-state index in [1.54, 1.807) is 25.1 Å². The molecule has 1 N–H and O–H groups in total. The lowest BCUT2D eigenvalue weighted by molar-refractivity contribution is 1.33. The summed E-state index contributed by atoms with van der Waals surface area (Å²) in [4.78, 5) is 0. The Bertz CT molecular complexity index is 390. The largest absolute Gasteiger partial charge is 0.275 e. The molecule has 0 unspecified atom stereocenters. The van der Waals surface area contributed by atoms with E-state index in [0.29, 0.717) is 20.8 Å². The first-order valence-corrected chi connectivity index (χ1v) is 5.25. The Morgan fingerprint density at radius 3 is 2.33 bits per heavy atom. The van der Waals surface area contributed by atoms with Gasteiger partial charge >= 0.3 is 0 Å². The van der Waals surface area contributed by atoms with E-state index in [4.69, 9.17) is 34.8 Å². The van der Waals surface area contributed by atoms with E-state index in [0.717, 1.165) is 5.71 Å². The summed E-state index contributed by atoms with van der Waals surface area (Å²) in [6.07, 6.45) is 1.62. The summed E-state index contributed by atoms with van der Waals surface area (Å²) in [6, 6.07) is 3.19. The second-order valence-electron chi connectivity index (χ2n) is 2.81. The van der Waals surface area contributed by atoms with Crippen molar-refractivity contribution in [3.8, 4) is 0 Å². The van der Waals surface area contributed by atoms with Crippen LogP contribution >= 0.6 is 34.8 Å². The molecule has 0 fully saturated rings. The van der Waals surface area contributed by atoms with E-state index < -0.39 is 0 Å². The Labute approximate surface area is 104 Å². The van der Waals surface area contributed by atoms with Gasteiger partial charge in [0.15, 0.2) is 0 Å². The zero-order valence-corrected chi connectivity index (χ0v) is 10.3. The van der Waals surface area contributed by atoms with E-state index >= 15 is 0 Å². The van der Waals surface area contributed by atoms with Crippen LogP contribution in [-0.4, -0.2) is 5.71 Å². The number of rotatable bonds is 3. The maximum atomic E-state index is 5.93. The van der Waals surface area contributed by atoms with E-state index in [9.17, 15) is 0 Å². The first-order chi connectivity index (χ1) is 7.04.